The first-order valence-electron chi connectivity index (χ1n) is 10.6. The molecule has 8 nitrogen and oxygen atoms in total. The third kappa shape index (κ3) is 5.13. The molecule has 0 radical (unpaired) electrons. The number of benzene rings is 1. The van der Waals surface area contributed by atoms with Crippen LogP contribution in [0.15, 0.2) is 48.8 Å². The number of hydrogen-bond donors (Lipinski definition) is 2. The standard InChI is InChI=1S/C22H28N6O2/c29-20(25-17-6-2-1-3-7-17)16-27-14-9-18(10-15-27)26-21(30)19-8-4-13-28(19)22-23-11-5-12-24-22/h1-3,5-7,11-12,18-19H,4,8-10,13-16H2,(H,25,29)(H,26,30). The van der Waals surface area contributed by atoms with Crippen molar-refractivity contribution in [3.8, 4) is 0 Å². The summed E-state index contributed by atoms with van der Waals surface area (Å²) in [6.07, 6.45) is 6.89. The number of amides is 2. The van der Waals surface area contributed by atoms with Crippen LogP contribution in [0.3, 0.4) is 0 Å². The first kappa shape index (κ1) is 20.3. The van der Waals surface area contributed by atoms with Crippen LogP contribution in [-0.4, -0.2) is 64.9 Å². The molecule has 0 aliphatic carbocycles. The Labute approximate surface area is 176 Å². The van der Waals surface area contributed by atoms with Gasteiger partial charge in [0.05, 0.1) is 6.54 Å². The zero-order valence-corrected chi connectivity index (χ0v) is 17.0. The minimum absolute atomic E-state index is 0.00635. The lowest BCUT2D eigenvalue weighted by molar-refractivity contribution is -0.123. The summed E-state index contributed by atoms with van der Waals surface area (Å²) in [4.78, 5) is 37.9. The summed E-state index contributed by atoms with van der Waals surface area (Å²) < 4.78 is 0. The summed E-state index contributed by atoms with van der Waals surface area (Å²) in [5, 5.41) is 6.13. The minimum Gasteiger partial charge on any atom is -0.351 e. The van der Waals surface area contributed by atoms with E-state index in [-0.39, 0.29) is 23.9 Å². The second-order valence-corrected chi connectivity index (χ2v) is 7.87. The van der Waals surface area contributed by atoms with E-state index in [1.165, 1.54) is 0 Å². The Kier molecular flexibility index (Phi) is 6.53. The smallest absolute Gasteiger partial charge is 0.243 e. The first-order valence-corrected chi connectivity index (χ1v) is 10.6. The molecule has 0 saturated carbocycles. The van der Waals surface area contributed by atoms with Crippen LogP contribution in [0.5, 0.6) is 0 Å². The number of piperidine rings is 1. The van der Waals surface area contributed by atoms with Crippen LogP contribution in [-0.2, 0) is 9.59 Å². The van der Waals surface area contributed by atoms with Gasteiger partial charge in [-0.15, -0.1) is 0 Å². The molecule has 158 valence electrons. The molecule has 30 heavy (non-hydrogen) atoms. The highest BCUT2D eigenvalue weighted by Crippen LogP contribution is 2.22. The van der Waals surface area contributed by atoms with E-state index < -0.39 is 0 Å². The lowest BCUT2D eigenvalue weighted by Gasteiger charge is -2.33. The summed E-state index contributed by atoms with van der Waals surface area (Å²) in [6, 6.07) is 11.2. The van der Waals surface area contributed by atoms with Gasteiger partial charge in [0, 0.05) is 43.8 Å². The number of para-hydroxylation sites is 1. The number of carbonyl (C=O) groups excluding carboxylic acids is 2. The summed E-state index contributed by atoms with van der Waals surface area (Å²) in [5.74, 6) is 0.669. The maximum absolute atomic E-state index is 12.9. The molecule has 1 unspecified atom stereocenters. The monoisotopic (exact) mass is 408 g/mol. The molecule has 2 aliphatic rings. The van der Waals surface area contributed by atoms with Crippen LogP contribution in [0.2, 0.25) is 0 Å². The predicted octanol–water partition coefficient (Wildman–Crippen LogP) is 1.66. The van der Waals surface area contributed by atoms with Gasteiger partial charge in [-0.3, -0.25) is 14.5 Å². The van der Waals surface area contributed by atoms with E-state index in [2.05, 4.69) is 25.5 Å². The highest BCUT2D eigenvalue weighted by Gasteiger charge is 2.34. The maximum atomic E-state index is 12.9. The Bertz CT molecular complexity index is 839. The zero-order valence-electron chi connectivity index (χ0n) is 17.0. The number of likely N-dealkylation sites (tertiary alicyclic amines) is 1. The molecule has 3 heterocycles. The Morgan fingerprint density at radius 1 is 0.967 bits per heavy atom. The van der Waals surface area contributed by atoms with Gasteiger partial charge >= 0.3 is 0 Å². The molecule has 0 spiro atoms. The number of aromatic nitrogens is 2. The third-order valence-electron chi connectivity index (χ3n) is 5.72. The fourth-order valence-corrected chi connectivity index (χ4v) is 4.18. The van der Waals surface area contributed by atoms with Crippen LogP contribution in [0.25, 0.3) is 0 Å². The van der Waals surface area contributed by atoms with Crippen LogP contribution < -0.4 is 15.5 Å². The molecule has 2 amide bonds. The fourth-order valence-electron chi connectivity index (χ4n) is 4.18. The topological polar surface area (TPSA) is 90.5 Å². The molecule has 2 aromatic rings. The van der Waals surface area contributed by atoms with Gasteiger partial charge in [0.2, 0.25) is 17.8 Å². The van der Waals surface area contributed by atoms with Gasteiger partial charge in [-0.05, 0) is 43.9 Å². The van der Waals surface area contributed by atoms with E-state index in [1.807, 2.05) is 35.2 Å². The van der Waals surface area contributed by atoms with Gasteiger partial charge in [-0.1, -0.05) is 18.2 Å². The van der Waals surface area contributed by atoms with Crippen molar-refractivity contribution >= 4 is 23.5 Å². The van der Waals surface area contributed by atoms with Gasteiger partial charge in [0.15, 0.2) is 0 Å². The molecule has 1 aromatic carbocycles. The molecule has 2 fully saturated rings. The number of rotatable bonds is 6. The Hall–Kier alpha value is -3.00. The molecule has 1 aromatic heterocycles. The molecule has 4 rings (SSSR count). The summed E-state index contributed by atoms with van der Waals surface area (Å²) in [7, 11) is 0. The Morgan fingerprint density at radius 3 is 2.43 bits per heavy atom. The van der Waals surface area contributed by atoms with E-state index in [0.29, 0.717) is 12.5 Å². The molecule has 0 bridgehead atoms. The molecule has 2 aliphatic heterocycles. The van der Waals surface area contributed by atoms with Crippen LogP contribution in [0.4, 0.5) is 11.6 Å². The summed E-state index contributed by atoms with van der Waals surface area (Å²) >= 11 is 0. The van der Waals surface area contributed by atoms with Crippen molar-refractivity contribution in [2.45, 2.75) is 37.8 Å². The van der Waals surface area contributed by atoms with Crippen molar-refractivity contribution in [3.05, 3.63) is 48.8 Å². The highest BCUT2D eigenvalue weighted by atomic mass is 16.2. The Balaban J connectivity index is 1.22. The zero-order chi connectivity index (χ0) is 20.8. The van der Waals surface area contributed by atoms with Gasteiger partial charge < -0.3 is 15.5 Å². The second-order valence-electron chi connectivity index (χ2n) is 7.87. The number of carbonyl (C=O) groups is 2. The fraction of sp³-hybridized carbons (Fsp3) is 0.455. The largest absolute Gasteiger partial charge is 0.351 e. The molecular formula is C22H28N6O2. The maximum Gasteiger partial charge on any atom is 0.243 e. The molecule has 2 N–H and O–H groups in total. The number of hydrogen-bond acceptors (Lipinski definition) is 6. The van der Waals surface area contributed by atoms with E-state index in [0.717, 1.165) is 51.0 Å². The van der Waals surface area contributed by atoms with Crippen molar-refractivity contribution in [2.24, 2.45) is 0 Å². The van der Waals surface area contributed by atoms with Gasteiger partial charge in [0.1, 0.15) is 6.04 Å². The average molecular weight is 409 g/mol. The van der Waals surface area contributed by atoms with E-state index in [1.54, 1.807) is 18.5 Å². The van der Waals surface area contributed by atoms with E-state index >= 15 is 0 Å². The SMILES string of the molecule is O=C(CN1CCC(NC(=O)C2CCCN2c2ncccn2)CC1)Nc1ccccc1. The lowest BCUT2D eigenvalue weighted by Crippen LogP contribution is -2.51. The Morgan fingerprint density at radius 2 is 1.70 bits per heavy atom. The van der Waals surface area contributed by atoms with E-state index in [9.17, 15) is 9.59 Å². The minimum atomic E-state index is -0.206. The molecule has 1 atom stereocenters. The van der Waals surface area contributed by atoms with Crippen molar-refractivity contribution in [1.82, 2.24) is 20.2 Å². The van der Waals surface area contributed by atoms with Gasteiger partial charge in [-0.2, -0.15) is 0 Å². The van der Waals surface area contributed by atoms with Gasteiger partial charge in [0.25, 0.3) is 0 Å². The number of nitrogens with one attached hydrogen (secondary N) is 2. The average Bonchev–Trinajstić information content (AvgIpc) is 3.27. The molecule has 2 saturated heterocycles. The normalized spacial score (nSPS) is 20.1. The van der Waals surface area contributed by atoms with Crippen molar-refractivity contribution < 1.29 is 9.59 Å². The summed E-state index contributed by atoms with van der Waals surface area (Å²) in [6.45, 7) is 2.76. The number of anilines is 2. The van der Waals surface area contributed by atoms with Crippen molar-refractivity contribution in [3.63, 3.8) is 0 Å². The summed E-state index contributed by atoms with van der Waals surface area (Å²) in [5.41, 5.74) is 0.813. The van der Waals surface area contributed by atoms with E-state index in [4.69, 9.17) is 0 Å². The molecular weight excluding hydrogens is 380 g/mol. The lowest BCUT2D eigenvalue weighted by atomic mass is 10.0. The third-order valence-corrected chi connectivity index (χ3v) is 5.72. The molecule has 8 heteroatoms. The van der Waals surface area contributed by atoms with Crippen molar-refractivity contribution in [1.29, 1.82) is 0 Å². The van der Waals surface area contributed by atoms with Crippen LogP contribution >= 0.6 is 0 Å². The van der Waals surface area contributed by atoms with Crippen LogP contribution in [0, 0.1) is 0 Å². The second kappa shape index (κ2) is 9.67. The highest BCUT2D eigenvalue weighted by molar-refractivity contribution is 5.92. The predicted molar refractivity (Wildman–Crippen MR) is 115 cm³/mol. The number of nitrogens with zero attached hydrogens (tertiary/aromatic N) is 4. The first-order chi connectivity index (χ1) is 14.7. The quantitative estimate of drug-likeness (QED) is 0.756. The van der Waals surface area contributed by atoms with Gasteiger partial charge in [-0.25, -0.2) is 9.97 Å². The van der Waals surface area contributed by atoms with Crippen molar-refractivity contribution in [2.75, 3.05) is 36.4 Å². The van der Waals surface area contributed by atoms with Crippen LogP contribution in [0.1, 0.15) is 25.7 Å².